The maximum atomic E-state index is 13.2. The first-order valence-electron chi connectivity index (χ1n) is 4.94. The fraction of sp³-hybridized carbons (Fsp3) is 0.250. The van der Waals surface area contributed by atoms with Gasteiger partial charge in [0, 0.05) is 16.7 Å². The van der Waals surface area contributed by atoms with Crippen molar-refractivity contribution in [2.75, 3.05) is 12.4 Å². The molecular formula is C12H13FO2S. The van der Waals surface area contributed by atoms with E-state index in [2.05, 4.69) is 0 Å². The SMILES string of the molecule is CCOC(=O)/C=C/CSc1ccccc1F. The Labute approximate surface area is 98.5 Å². The lowest BCUT2D eigenvalue weighted by Crippen LogP contribution is -1.98. The molecule has 0 bridgehead atoms. The molecule has 86 valence electrons. The van der Waals surface area contributed by atoms with Crippen LogP contribution in [0.3, 0.4) is 0 Å². The van der Waals surface area contributed by atoms with E-state index in [0.717, 1.165) is 0 Å². The molecule has 0 atom stereocenters. The summed E-state index contributed by atoms with van der Waals surface area (Å²) in [5.74, 6) is -0.0617. The molecule has 1 aromatic carbocycles. The fourth-order valence-electron chi connectivity index (χ4n) is 1.03. The molecule has 1 aromatic rings. The smallest absolute Gasteiger partial charge is 0.330 e. The van der Waals surface area contributed by atoms with Gasteiger partial charge in [0.1, 0.15) is 5.82 Å². The molecule has 1 rings (SSSR count). The zero-order chi connectivity index (χ0) is 11.8. The average molecular weight is 240 g/mol. The standard InChI is InChI=1S/C12H13FO2S/c1-2-15-12(14)8-5-9-16-11-7-4-3-6-10(11)13/h3-8H,2,9H2,1H3/b8-5+. The maximum absolute atomic E-state index is 13.2. The quantitative estimate of drug-likeness (QED) is 0.449. The first-order valence-corrected chi connectivity index (χ1v) is 5.93. The Bertz CT molecular complexity index is 377. The van der Waals surface area contributed by atoms with Crippen molar-refractivity contribution in [3.8, 4) is 0 Å². The highest BCUT2D eigenvalue weighted by atomic mass is 32.2. The van der Waals surface area contributed by atoms with Gasteiger partial charge in [-0.3, -0.25) is 0 Å². The number of halogens is 1. The van der Waals surface area contributed by atoms with Crippen molar-refractivity contribution in [2.24, 2.45) is 0 Å². The monoisotopic (exact) mass is 240 g/mol. The molecule has 0 aromatic heterocycles. The molecule has 0 N–H and O–H groups in total. The van der Waals surface area contributed by atoms with Crippen molar-refractivity contribution < 1.29 is 13.9 Å². The average Bonchev–Trinajstić information content (AvgIpc) is 2.27. The molecule has 0 aliphatic heterocycles. The number of rotatable bonds is 5. The van der Waals surface area contributed by atoms with E-state index in [0.29, 0.717) is 17.3 Å². The summed E-state index contributed by atoms with van der Waals surface area (Å²) < 4.78 is 17.9. The lowest BCUT2D eigenvalue weighted by molar-refractivity contribution is -0.137. The molecule has 0 amide bonds. The summed E-state index contributed by atoms with van der Waals surface area (Å²) in [5.41, 5.74) is 0. The van der Waals surface area contributed by atoms with Gasteiger partial charge in [-0.15, -0.1) is 11.8 Å². The number of thioether (sulfide) groups is 1. The molecule has 0 unspecified atom stereocenters. The van der Waals surface area contributed by atoms with Gasteiger partial charge < -0.3 is 4.74 Å². The van der Waals surface area contributed by atoms with Crippen LogP contribution in [0.5, 0.6) is 0 Å². The van der Waals surface area contributed by atoms with E-state index < -0.39 is 0 Å². The van der Waals surface area contributed by atoms with Crippen LogP contribution in [0.2, 0.25) is 0 Å². The highest BCUT2D eigenvalue weighted by Gasteiger charge is 1.99. The van der Waals surface area contributed by atoms with E-state index >= 15 is 0 Å². The maximum Gasteiger partial charge on any atom is 0.330 e. The summed E-state index contributed by atoms with van der Waals surface area (Å²) in [7, 11) is 0. The van der Waals surface area contributed by atoms with Crippen LogP contribution < -0.4 is 0 Å². The highest BCUT2D eigenvalue weighted by Crippen LogP contribution is 2.20. The van der Waals surface area contributed by atoms with Crippen molar-refractivity contribution in [3.63, 3.8) is 0 Å². The van der Waals surface area contributed by atoms with Gasteiger partial charge in [0.05, 0.1) is 6.61 Å². The van der Waals surface area contributed by atoms with Crippen LogP contribution in [-0.4, -0.2) is 18.3 Å². The van der Waals surface area contributed by atoms with E-state index in [4.69, 9.17) is 4.74 Å². The molecule has 0 spiro atoms. The zero-order valence-corrected chi connectivity index (χ0v) is 9.80. The van der Waals surface area contributed by atoms with E-state index in [1.54, 1.807) is 31.2 Å². The second-order valence-electron chi connectivity index (χ2n) is 2.90. The zero-order valence-electron chi connectivity index (χ0n) is 8.98. The van der Waals surface area contributed by atoms with Crippen molar-refractivity contribution in [2.45, 2.75) is 11.8 Å². The fourth-order valence-corrected chi connectivity index (χ4v) is 1.79. The number of ether oxygens (including phenoxy) is 1. The Kier molecular flexibility index (Phi) is 5.64. The van der Waals surface area contributed by atoms with Gasteiger partial charge in [0.2, 0.25) is 0 Å². The molecule has 4 heteroatoms. The van der Waals surface area contributed by atoms with Crippen LogP contribution in [-0.2, 0) is 9.53 Å². The number of hydrogen-bond donors (Lipinski definition) is 0. The molecule has 16 heavy (non-hydrogen) atoms. The van der Waals surface area contributed by atoms with Gasteiger partial charge in [0.25, 0.3) is 0 Å². The summed E-state index contributed by atoms with van der Waals surface area (Å²) in [6.45, 7) is 2.11. The van der Waals surface area contributed by atoms with Crippen molar-refractivity contribution in [1.82, 2.24) is 0 Å². The summed E-state index contributed by atoms with van der Waals surface area (Å²) in [5, 5.41) is 0. The van der Waals surface area contributed by atoms with Gasteiger partial charge in [-0.25, -0.2) is 9.18 Å². The Hall–Kier alpha value is -1.29. The van der Waals surface area contributed by atoms with Crippen LogP contribution in [0.1, 0.15) is 6.92 Å². The van der Waals surface area contributed by atoms with Crippen LogP contribution in [0.25, 0.3) is 0 Å². The number of hydrogen-bond acceptors (Lipinski definition) is 3. The highest BCUT2D eigenvalue weighted by molar-refractivity contribution is 7.99. The lowest BCUT2D eigenvalue weighted by Gasteiger charge is -1.99. The van der Waals surface area contributed by atoms with E-state index in [-0.39, 0.29) is 11.8 Å². The van der Waals surface area contributed by atoms with Gasteiger partial charge in [0.15, 0.2) is 0 Å². The Balaban J connectivity index is 2.36. The molecular weight excluding hydrogens is 227 g/mol. The van der Waals surface area contributed by atoms with Gasteiger partial charge in [-0.1, -0.05) is 18.2 Å². The summed E-state index contributed by atoms with van der Waals surface area (Å²) in [6.07, 6.45) is 3.02. The van der Waals surface area contributed by atoms with Crippen LogP contribution in [0.15, 0.2) is 41.3 Å². The van der Waals surface area contributed by atoms with Crippen molar-refractivity contribution >= 4 is 17.7 Å². The molecule has 0 aliphatic rings. The Morgan fingerprint density at radius 3 is 2.94 bits per heavy atom. The van der Waals surface area contributed by atoms with Gasteiger partial charge in [-0.05, 0) is 19.1 Å². The van der Waals surface area contributed by atoms with E-state index in [1.165, 1.54) is 23.9 Å². The second kappa shape index (κ2) is 7.06. The topological polar surface area (TPSA) is 26.3 Å². The molecule has 0 fully saturated rings. The van der Waals surface area contributed by atoms with Gasteiger partial charge >= 0.3 is 5.97 Å². The van der Waals surface area contributed by atoms with E-state index in [9.17, 15) is 9.18 Å². The predicted octanol–water partition coefficient (Wildman–Crippen LogP) is 3.04. The third-order valence-corrected chi connectivity index (χ3v) is 2.71. The van der Waals surface area contributed by atoms with Gasteiger partial charge in [-0.2, -0.15) is 0 Å². The van der Waals surface area contributed by atoms with Crippen molar-refractivity contribution in [1.29, 1.82) is 0 Å². The minimum atomic E-state index is -0.364. The Morgan fingerprint density at radius 1 is 1.50 bits per heavy atom. The van der Waals surface area contributed by atoms with E-state index in [1.807, 2.05) is 0 Å². The van der Waals surface area contributed by atoms with Crippen LogP contribution >= 0.6 is 11.8 Å². The summed E-state index contributed by atoms with van der Waals surface area (Å²) in [4.78, 5) is 11.5. The van der Waals surface area contributed by atoms with Crippen LogP contribution in [0, 0.1) is 5.82 Å². The normalized spacial score (nSPS) is 10.6. The predicted molar refractivity (Wildman–Crippen MR) is 62.9 cm³/mol. The number of carbonyl (C=O) groups is 1. The number of esters is 1. The molecule has 0 radical (unpaired) electrons. The third kappa shape index (κ3) is 4.49. The lowest BCUT2D eigenvalue weighted by atomic mass is 10.3. The second-order valence-corrected chi connectivity index (χ2v) is 3.96. The molecule has 0 heterocycles. The largest absolute Gasteiger partial charge is 0.463 e. The first-order chi connectivity index (χ1) is 7.74. The summed E-state index contributed by atoms with van der Waals surface area (Å²) in [6, 6.07) is 6.55. The first kappa shape index (κ1) is 12.8. The molecule has 0 saturated carbocycles. The number of carbonyl (C=O) groups excluding carboxylic acids is 1. The Morgan fingerprint density at radius 2 is 2.25 bits per heavy atom. The third-order valence-electron chi connectivity index (χ3n) is 1.71. The molecule has 2 nitrogen and oxygen atoms in total. The minimum Gasteiger partial charge on any atom is -0.463 e. The number of benzene rings is 1. The molecule has 0 aliphatic carbocycles. The summed E-state index contributed by atoms with van der Waals surface area (Å²) >= 11 is 1.34. The van der Waals surface area contributed by atoms with Crippen LogP contribution in [0.4, 0.5) is 4.39 Å². The molecule has 0 saturated heterocycles. The minimum absolute atomic E-state index is 0.239. The van der Waals surface area contributed by atoms with Crippen molar-refractivity contribution in [3.05, 3.63) is 42.2 Å².